The summed E-state index contributed by atoms with van der Waals surface area (Å²) in [6.45, 7) is 0. The molecular weight excluding hydrogens is 757 g/mol. The normalized spacial score (nSPS) is 12.5. The molecule has 0 N–H and O–H groups in total. The number of hydrogen-bond donors (Lipinski definition) is 0. The first-order valence-corrected chi connectivity index (χ1v) is 21.1. The van der Waals surface area contributed by atoms with Crippen LogP contribution in [0.1, 0.15) is 23.2 Å². The minimum Gasteiger partial charge on any atom is -0.313 e. The van der Waals surface area contributed by atoms with Crippen molar-refractivity contribution in [2.75, 3.05) is 0 Å². The molecule has 4 aromatic heterocycles. The Hall–Kier alpha value is -8.22. The zero-order valence-electron chi connectivity index (χ0n) is 33.7. The van der Waals surface area contributed by atoms with Gasteiger partial charge in [-0.1, -0.05) is 140 Å². The summed E-state index contributed by atoms with van der Waals surface area (Å²) in [6.07, 6.45) is 8.04. The molecule has 0 aliphatic heterocycles. The van der Waals surface area contributed by atoms with Crippen LogP contribution in [0.15, 0.2) is 207 Å². The van der Waals surface area contributed by atoms with Crippen molar-refractivity contribution in [1.82, 2.24) is 29.1 Å². The van der Waals surface area contributed by atoms with Crippen LogP contribution in [0.2, 0.25) is 0 Å². The monoisotopic (exact) mass is 794 g/mol. The highest BCUT2D eigenvalue weighted by Gasteiger charge is 2.25. The van der Waals surface area contributed by atoms with E-state index in [-0.39, 0.29) is 0 Å². The van der Waals surface area contributed by atoms with Crippen LogP contribution in [0.4, 0.5) is 0 Å². The van der Waals surface area contributed by atoms with Crippen LogP contribution in [-0.4, -0.2) is 29.1 Å². The third-order valence-electron chi connectivity index (χ3n) is 12.1. The lowest BCUT2D eigenvalue weighted by atomic mass is 9.89. The molecule has 0 atom stereocenters. The van der Waals surface area contributed by atoms with Gasteiger partial charge in [0.05, 0.1) is 16.6 Å². The average Bonchev–Trinajstić information content (AvgIpc) is 3.87. The maximum atomic E-state index is 5.01. The molecular formula is C56H38N6. The average molecular weight is 795 g/mol. The van der Waals surface area contributed by atoms with Gasteiger partial charge in [-0.05, 0) is 84.1 Å². The summed E-state index contributed by atoms with van der Waals surface area (Å²) in [5.41, 5.74) is 15.8. The van der Waals surface area contributed by atoms with E-state index in [0.29, 0.717) is 17.5 Å². The molecule has 11 aromatic rings. The molecule has 0 bridgehead atoms. The van der Waals surface area contributed by atoms with Crippen LogP contribution in [0.25, 0.3) is 94.9 Å². The number of nitrogens with zero attached hydrogens (tertiary/aromatic N) is 6. The third-order valence-corrected chi connectivity index (χ3v) is 12.1. The van der Waals surface area contributed by atoms with Crippen molar-refractivity contribution in [2.45, 2.75) is 12.8 Å². The van der Waals surface area contributed by atoms with Crippen molar-refractivity contribution in [3.63, 3.8) is 0 Å². The second kappa shape index (κ2) is 14.8. The largest absolute Gasteiger partial charge is 0.313 e. The first kappa shape index (κ1) is 35.7. The molecule has 0 amide bonds. The molecule has 0 saturated heterocycles. The van der Waals surface area contributed by atoms with Crippen LogP contribution < -0.4 is 0 Å². The summed E-state index contributed by atoms with van der Waals surface area (Å²) in [5.74, 6) is 1.85. The zero-order valence-corrected chi connectivity index (χ0v) is 33.7. The molecule has 0 fully saturated rings. The predicted molar refractivity (Wildman–Crippen MR) is 252 cm³/mol. The number of para-hydroxylation sites is 3. The summed E-state index contributed by atoms with van der Waals surface area (Å²) in [7, 11) is 0. The van der Waals surface area contributed by atoms with Gasteiger partial charge in [0.2, 0.25) is 0 Å². The standard InChI is InChI=1S/C56H38N6/c1-4-15-38(16-5-1)54-58-55(39-17-6-2-7-18-39)60-56(59-54)42-33-41(35-57-36-42)45-23-14-26-52-53(45)47-22-11-13-25-50(47)62(52)44-30-27-37(28-31-44)40-29-32-51-48(34-40)46-21-10-12-24-49(46)61(51)43-19-8-3-9-20-43/h1-13,15-25,27-36H,14,26H2. The molecule has 7 aromatic carbocycles. The zero-order chi connectivity index (χ0) is 41.0. The fourth-order valence-corrected chi connectivity index (χ4v) is 9.30. The third kappa shape index (κ3) is 6.03. The van der Waals surface area contributed by atoms with Crippen molar-refractivity contribution in [2.24, 2.45) is 0 Å². The summed E-state index contributed by atoms with van der Waals surface area (Å²) >= 11 is 0. The van der Waals surface area contributed by atoms with Gasteiger partial charge in [0, 0.05) is 73.4 Å². The van der Waals surface area contributed by atoms with Gasteiger partial charge in [0.1, 0.15) is 0 Å². The van der Waals surface area contributed by atoms with Crippen molar-refractivity contribution in [3.05, 3.63) is 223 Å². The van der Waals surface area contributed by atoms with Gasteiger partial charge in [-0.15, -0.1) is 0 Å². The van der Waals surface area contributed by atoms with Crippen LogP contribution in [0.5, 0.6) is 0 Å². The van der Waals surface area contributed by atoms with Crippen LogP contribution >= 0.6 is 0 Å². The lowest BCUT2D eigenvalue weighted by molar-refractivity contribution is 0.884. The number of pyridine rings is 1. The molecule has 12 rings (SSSR count). The Morgan fingerprint density at radius 3 is 1.60 bits per heavy atom. The fourth-order valence-electron chi connectivity index (χ4n) is 9.30. The smallest absolute Gasteiger partial charge is 0.165 e. The molecule has 0 spiro atoms. The molecule has 0 unspecified atom stereocenters. The Bertz CT molecular complexity index is 3440. The van der Waals surface area contributed by atoms with Crippen molar-refractivity contribution in [3.8, 4) is 56.7 Å². The summed E-state index contributed by atoms with van der Waals surface area (Å²) in [5, 5.41) is 3.72. The second-order valence-corrected chi connectivity index (χ2v) is 15.8. The van der Waals surface area contributed by atoms with E-state index in [4.69, 9.17) is 19.9 Å². The first-order chi connectivity index (χ1) is 30.7. The van der Waals surface area contributed by atoms with Gasteiger partial charge >= 0.3 is 0 Å². The highest BCUT2D eigenvalue weighted by Crippen LogP contribution is 2.42. The molecule has 6 heteroatoms. The van der Waals surface area contributed by atoms with Crippen molar-refractivity contribution >= 4 is 38.3 Å². The van der Waals surface area contributed by atoms with E-state index in [2.05, 4.69) is 143 Å². The van der Waals surface area contributed by atoms with Crippen molar-refractivity contribution < 1.29 is 0 Å². The van der Waals surface area contributed by atoms with Gasteiger partial charge in [0.15, 0.2) is 17.5 Å². The first-order valence-electron chi connectivity index (χ1n) is 21.1. The fraction of sp³-hybridized carbons (Fsp3) is 0.0357. The highest BCUT2D eigenvalue weighted by atomic mass is 15.0. The Balaban J connectivity index is 0.926. The van der Waals surface area contributed by atoms with Crippen LogP contribution in [0.3, 0.4) is 0 Å². The molecule has 1 aliphatic carbocycles. The lowest BCUT2D eigenvalue weighted by Crippen LogP contribution is -2.06. The number of fused-ring (bicyclic) bond motifs is 6. The predicted octanol–water partition coefficient (Wildman–Crippen LogP) is 13.4. The number of aromatic nitrogens is 6. The summed E-state index contributed by atoms with van der Waals surface area (Å²) in [6, 6.07) is 66.4. The number of hydrogen-bond acceptors (Lipinski definition) is 4. The minimum absolute atomic E-state index is 0.590. The van der Waals surface area contributed by atoms with Crippen LogP contribution in [-0.2, 0) is 6.42 Å². The maximum absolute atomic E-state index is 5.01. The highest BCUT2D eigenvalue weighted by molar-refractivity contribution is 6.10. The summed E-state index contributed by atoms with van der Waals surface area (Å²) < 4.78 is 4.82. The Labute approximate surface area is 358 Å². The Morgan fingerprint density at radius 2 is 0.903 bits per heavy atom. The van der Waals surface area contributed by atoms with Gasteiger partial charge in [0.25, 0.3) is 0 Å². The molecule has 1 aliphatic rings. The topological polar surface area (TPSA) is 61.4 Å². The van der Waals surface area contributed by atoms with Gasteiger partial charge in [-0.3, -0.25) is 4.98 Å². The van der Waals surface area contributed by atoms with E-state index >= 15 is 0 Å². The number of benzene rings is 7. The number of allylic oxidation sites excluding steroid dienone is 1. The van der Waals surface area contributed by atoms with Crippen LogP contribution in [0, 0.1) is 0 Å². The summed E-state index contributed by atoms with van der Waals surface area (Å²) in [4.78, 5) is 19.7. The molecule has 0 radical (unpaired) electrons. The Morgan fingerprint density at radius 1 is 0.371 bits per heavy atom. The second-order valence-electron chi connectivity index (χ2n) is 15.8. The van der Waals surface area contributed by atoms with E-state index in [1.807, 2.05) is 73.1 Å². The molecule has 4 heterocycles. The molecule has 6 nitrogen and oxygen atoms in total. The maximum Gasteiger partial charge on any atom is 0.165 e. The van der Waals surface area contributed by atoms with E-state index in [1.165, 1.54) is 60.7 Å². The van der Waals surface area contributed by atoms with E-state index < -0.39 is 0 Å². The SMILES string of the molecule is C1=C(c2cncc(-c3nc(-c4ccccc4)nc(-c4ccccc4)n3)c2)c2c(n(-c3ccc(-c4ccc5c(c4)c4ccccc4n5-c4ccccc4)cc3)c3ccccc23)CC1. The molecule has 292 valence electrons. The van der Waals surface area contributed by atoms with Gasteiger partial charge in [-0.25, -0.2) is 15.0 Å². The van der Waals surface area contributed by atoms with Gasteiger partial charge < -0.3 is 9.13 Å². The minimum atomic E-state index is 0.590. The van der Waals surface area contributed by atoms with Gasteiger partial charge in [-0.2, -0.15) is 0 Å². The number of rotatable bonds is 7. The lowest BCUT2D eigenvalue weighted by Gasteiger charge is -2.19. The van der Waals surface area contributed by atoms with E-state index in [1.54, 1.807) is 0 Å². The molecule has 62 heavy (non-hydrogen) atoms. The van der Waals surface area contributed by atoms with E-state index in [9.17, 15) is 0 Å². The quantitative estimate of drug-likeness (QED) is 0.161. The Kier molecular flexibility index (Phi) is 8.52. The molecule has 0 saturated carbocycles. The van der Waals surface area contributed by atoms with Crippen molar-refractivity contribution in [1.29, 1.82) is 0 Å². The van der Waals surface area contributed by atoms with E-state index in [0.717, 1.165) is 46.5 Å².